The molecule has 1 unspecified atom stereocenters. The summed E-state index contributed by atoms with van der Waals surface area (Å²) in [5.41, 5.74) is 6.77. The van der Waals surface area contributed by atoms with Gasteiger partial charge in [0.15, 0.2) is 0 Å². The predicted molar refractivity (Wildman–Crippen MR) is 89.5 cm³/mol. The minimum Gasteiger partial charge on any atom is -0.393 e. The van der Waals surface area contributed by atoms with Gasteiger partial charge in [-0.2, -0.15) is 0 Å². The van der Waals surface area contributed by atoms with Gasteiger partial charge in [-0.25, -0.2) is 0 Å². The number of amides is 1. The van der Waals surface area contributed by atoms with Crippen LogP contribution in [0, 0.1) is 5.92 Å². The van der Waals surface area contributed by atoms with E-state index in [-0.39, 0.29) is 16.9 Å². The quantitative estimate of drug-likeness (QED) is 0.797. The molecule has 1 heterocycles. The van der Waals surface area contributed by atoms with Gasteiger partial charge in [-0.1, -0.05) is 42.5 Å². The van der Waals surface area contributed by atoms with Gasteiger partial charge in [0.05, 0.1) is 10.9 Å². The number of nitrogens with one attached hydrogen (secondary N) is 1. The molecule has 21 heavy (non-hydrogen) atoms. The second-order valence-electron chi connectivity index (χ2n) is 5.28. The fraction of sp³-hybridized carbons (Fsp3) is 0.467. The number of rotatable bonds is 5. The van der Waals surface area contributed by atoms with Crippen LogP contribution < -0.4 is 11.1 Å². The van der Waals surface area contributed by atoms with Crippen LogP contribution in [0.2, 0.25) is 0 Å². The van der Waals surface area contributed by atoms with Crippen molar-refractivity contribution in [3.63, 3.8) is 0 Å². The Balaban J connectivity index is 1.96. The lowest BCUT2D eigenvalue weighted by Crippen LogP contribution is -2.46. The molecule has 114 valence electrons. The summed E-state index contributed by atoms with van der Waals surface area (Å²) in [6.45, 7) is 0. The van der Waals surface area contributed by atoms with E-state index in [4.69, 9.17) is 18.0 Å². The fourth-order valence-corrected chi connectivity index (χ4v) is 3.90. The Morgan fingerprint density at radius 1 is 1.33 bits per heavy atom. The van der Waals surface area contributed by atoms with Crippen LogP contribution in [0.5, 0.6) is 0 Å². The molecule has 1 aromatic carbocycles. The largest absolute Gasteiger partial charge is 0.393 e. The zero-order valence-corrected chi connectivity index (χ0v) is 13.4. The van der Waals surface area contributed by atoms with Crippen LogP contribution in [0.3, 0.4) is 0 Å². The summed E-state index contributed by atoms with van der Waals surface area (Å²) in [6.07, 6.45) is 2.03. The monoisotopic (exact) mass is 324 g/mol. The minimum absolute atomic E-state index is 0.0859. The molecular formula is C15H20N2O2S2. The first kappa shape index (κ1) is 16.1. The van der Waals surface area contributed by atoms with Crippen molar-refractivity contribution in [3.05, 3.63) is 35.9 Å². The Morgan fingerprint density at radius 3 is 2.52 bits per heavy atom. The van der Waals surface area contributed by atoms with E-state index >= 15 is 0 Å². The molecule has 0 aromatic heterocycles. The summed E-state index contributed by atoms with van der Waals surface area (Å²) in [6, 6.07) is 9.80. The highest BCUT2D eigenvalue weighted by molar-refractivity contribution is 7.85. The van der Waals surface area contributed by atoms with Gasteiger partial charge in [0.2, 0.25) is 5.91 Å². The minimum atomic E-state index is -0.728. The molecule has 1 aromatic rings. The number of benzene rings is 1. The maximum absolute atomic E-state index is 12.4. The van der Waals surface area contributed by atoms with E-state index in [1.54, 1.807) is 0 Å². The van der Waals surface area contributed by atoms with E-state index in [0.29, 0.717) is 17.9 Å². The highest BCUT2D eigenvalue weighted by Crippen LogP contribution is 2.13. The summed E-state index contributed by atoms with van der Waals surface area (Å²) in [5.74, 6) is 0.696. The highest BCUT2D eigenvalue weighted by atomic mass is 32.2. The molecule has 4 nitrogen and oxygen atoms in total. The molecule has 0 spiro atoms. The first-order chi connectivity index (χ1) is 10.1. The maximum atomic E-state index is 12.4. The van der Waals surface area contributed by atoms with Crippen LogP contribution in [0.4, 0.5) is 0 Å². The molecule has 1 atom stereocenters. The van der Waals surface area contributed by atoms with Crippen molar-refractivity contribution in [2.75, 3.05) is 11.5 Å². The Hall–Kier alpha value is -1.27. The number of nitrogens with two attached hydrogens (primary N) is 1. The van der Waals surface area contributed by atoms with Gasteiger partial charge in [-0.05, 0) is 24.8 Å². The molecule has 6 heteroatoms. The third kappa shape index (κ3) is 4.89. The first-order valence-electron chi connectivity index (χ1n) is 7.05. The lowest BCUT2D eigenvalue weighted by Gasteiger charge is -2.25. The topological polar surface area (TPSA) is 72.2 Å². The number of thiocarbonyl (C=S) groups is 1. The lowest BCUT2D eigenvalue weighted by atomic mass is 9.97. The molecule has 2 rings (SSSR count). The van der Waals surface area contributed by atoms with Crippen LogP contribution in [0.15, 0.2) is 30.3 Å². The Labute approximate surface area is 132 Å². The van der Waals surface area contributed by atoms with Gasteiger partial charge in [-0.3, -0.25) is 9.00 Å². The van der Waals surface area contributed by atoms with Crippen LogP contribution in [-0.4, -0.2) is 32.7 Å². The van der Waals surface area contributed by atoms with Crippen LogP contribution in [-0.2, 0) is 22.0 Å². The summed E-state index contributed by atoms with van der Waals surface area (Å²) >= 11 is 5.05. The second-order valence-corrected chi connectivity index (χ2v) is 7.44. The van der Waals surface area contributed by atoms with Crippen molar-refractivity contribution < 1.29 is 9.00 Å². The highest BCUT2D eigenvalue weighted by Gasteiger charge is 2.26. The molecule has 0 bridgehead atoms. The average Bonchev–Trinajstić information content (AvgIpc) is 2.48. The number of carbonyl (C=O) groups excluding carboxylic acids is 1. The van der Waals surface area contributed by atoms with Gasteiger partial charge < -0.3 is 11.1 Å². The standard InChI is InChI=1S/C15H20N2O2S2/c16-14(20)13(10-11-4-2-1-3-5-11)15(18)17-12-6-8-21(19)9-7-12/h1-5,12-13H,6-10H2,(H2,16,20)(H,17,18). The Morgan fingerprint density at radius 2 is 1.95 bits per heavy atom. The van der Waals surface area contributed by atoms with E-state index in [1.807, 2.05) is 30.3 Å². The van der Waals surface area contributed by atoms with E-state index in [0.717, 1.165) is 18.4 Å². The van der Waals surface area contributed by atoms with Gasteiger partial charge in [0.25, 0.3) is 0 Å². The maximum Gasteiger partial charge on any atom is 0.230 e. The van der Waals surface area contributed by atoms with Gasteiger partial charge in [-0.15, -0.1) is 0 Å². The first-order valence-corrected chi connectivity index (χ1v) is 8.94. The van der Waals surface area contributed by atoms with Crippen molar-refractivity contribution in [2.24, 2.45) is 11.7 Å². The van der Waals surface area contributed by atoms with Crippen molar-refractivity contribution in [1.82, 2.24) is 5.32 Å². The molecular weight excluding hydrogens is 304 g/mol. The van der Waals surface area contributed by atoms with Gasteiger partial charge >= 0.3 is 0 Å². The molecule has 0 aliphatic carbocycles. The zero-order chi connectivity index (χ0) is 15.2. The second kappa shape index (κ2) is 7.66. The molecule has 1 saturated heterocycles. The molecule has 3 N–H and O–H groups in total. The Kier molecular flexibility index (Phi) is 5.87. The average molecular weight is 324 g/mol. The molecule has 1 amide bonds. The predicted octanol–water partition coefficient (Wildman–Crippen LogP) is 1.16. The van der Waals surface area contributed by atoms with Crippen molar-refractivity contribution in [1.29, 1.82) is 0 Å². The molecule has 1 aliphatic heterocycles. The zero-order valence-electron chi connectivity index (χ0n) is 11.8. The molecule has 0 saturated carbocycles. The number of hydrogen-bond acceptors (Lipinski definition) is 3. The molecule has 1 fully saturated rings. The lowest BCUT2D eigenvalue weighted by molar-refractivity contribution is -0.123. The number of hydrogen-bond donors (Lipinski definition) is 2. The third-order valence-electron chi connectivity index (χ3n) is 3.68. The molecule has 0 radical (unpaired) electrons. The summed E-state index contributed by atoms with van der Waals surface area (Å²) in [5, 5.41) is 3.00. The van der Waals surface area contributed by atoms with Crippen molar-refractivity contribution >= 4 is 33.9 Å². The van der Waals surface area contributed by atoms with E-state index in [2.05, 4.69) is 5.32 Å². The smallest absolute Gasteiger partial charge is 0.230 e. The van der Waals surface area contributed by atoms with Gasteiger partial charge in [0, 0.05) is 28.3 Å². The summed E-state index contributed by atoms with van der Waals surface area (Å²) in [4.78, 5) is 12.6. The molecule has 1 aliphatic rings. The number of carbonyl (C=O) groups is 1. The summed E-state index contributed by atoms with van der Waals surface area (Å²) in [7, 11) is -0.728. The van der Waals surface area contributed by atoms with E-state index < -0.39 is 16.7 Å². The van der Waals surface area contributed by atoms with Crippen molar-refractivity contribution in [3.8, 4) is 0 Å². The van der Waals surface area contributed by atoms with Gasteiger partial charge in [0.1, 0.15) is 0 Å². The SMILES string of the molecule is NC(=S)C(Cc1ccccc1)C(=O)NC1CCS(=O)CC1. The van der Waals surface area contributed by atoms with Crippen LogP contribution >= 0.6 is 12.2 Å². The van der Waals surface area contributed by atoms with Crippen LogP contribution in [0.1, 0.15) is 18.4 Å². The van der Waals surface area contributed by atoms with Crippen molar-refractivity contribution in [2.45, 2.75) is 25.3 Å². The van der Waals surface area contributed by atoms with E-state index in [9.17, 15) is 9.00 Å². The fourth-order valence-electron chi connectivity index (χ4n) is 2.41. The Bertz CT molecular complexity index is 524. The summed E-state index contributed by atoms with van der Waals surface area (Å²) < 4.78 is 11.3. The van der Waals surface area contributed by atoms with Crippen LogP contribution in [0.25, 0.3) is 0 Å². The third-order valence-corrected chi connectivity index (χ3v) is 5.34. The van der Waals surface area contributed by atoms with E-state index in [1.165, 1.54) is 0 Å². The normalized spacial score (nSPS) is 23.2.